The number of carbonyl (C=O) groups excluding carboxylic acids is 1. The molecular weight excluding hydrogens is 611 g/mol. The number of aliphatic hydroxyl groups excluding tert-OH is 1. The Balaban J connectivity index is 4.06. The van der Waals surface area contributed by atoms with Gasteiger partial charge in [-0.05, 0) is 12.8 Å². The maximum absolute atomic E-state index is 12.6. The molecule has 0 rings (SSSR count). The van der Waals surface area contributed by atoms with Crippen molar-refractivity contribution in [3.05, 3.63) is 0 Å². The maximum atomic E-state index is 12.6. The van der Waals surface area contributed by atoms with Gasteiger partial charge in [0, 0.05) is 6.42 Å². The van der Waals surface area contributed by atoms with Crippen LogP contribution in [0.2, 0.25) is 0 Å². The number of likely N-dealkylation sites (N-methyl/N-ethyl adjacent to an activating group) is 1. The summed E-state index contributed by atoms with van der Waals surface area (Å²) in [5.74, 6) is -0.161. The van der Waals surface area contributed by atoms with Gasteiger partial charge in [0.15, 0.2) is 0 Å². The predicted octanol–water partition coefficient (Wildman–Crippen LogP) is 10.2. The molecule has 0 aliphatic carbocycles. The van der Waals surface area contributed by atoms with Crippen molar-refractivity contribution in [2.75, 3.05) is 40.9 Å². The van der Waals surface area contributed by atoms with Crippen LogP contribution < -0.4 is 5.32 Å². The van der Waals surface area contributed by atoms with Gasteiger partial charge in [0.2, 0.25) is 5.91 Å². The van der Waals surface area contributed by atoms with E-state index in [0.717, 1.165) is 44.9 Å². The molecule has 0 aromatic rings. The summed E-state index contributed by atoms with van der Waals surface area (Å²) in [6, 6.07) is -0.749. The van der Waals surface area contributed by atoms with Crippen molar-refractivity contribution in [3.63, 3.8) is 0 Å². The zero-order chi connectivity index (χ0) is 35.1. The Bertz CT molecular complexity index is 748. The molecule has 282 valence electrons. The number of unbranched alkanes of at least 4 members (excludes halogenated alkanes) is 23. The van der Waals surface area contributed by atoms with E-state index >= 15 is 0 Å². The molecule has 3 atom stereocenters. The Morgan fingerprint density at radius 2 is 1.02 bits per heavy atom. The summed E-state index contributed by atoms with van der Waals surface area (Å²) in [4.78, 5) is 22.7. The number of quaternary nitrogens is 1. The molecule has 0 aromatic carbocycles. The van der Waals surface area contributed by atoms with E-state index in [1.54, 1.807) is 0 Å². The summed E-state index contributed by atoms with van der Waals surface area (Å²) >= 11 is 0. The maximum Gasteiger partial charge on any atom is 0.472 e. The van der Waals surface area contributed by atoms with Gasteiger partial charge in [-0.3, -0.25) is 13.8 Å². The SMILES string of the molecule is CCCCCCCCCCCCCCCCCCCCCCCC(O)C(COP(=O)(O)OCC[N+](C)(C)C)NC(=O)CCCCCC. The second-order valence-corrected chi connectivity index (χ2v) is 16.5. The van der Waals surface area contributed by atoms with Crippen LogP contribution in [0.4, 0.5) is 0 Å². The fraction of sp³-hybridized carbons (Fsp3) is 0.974. The van der Waals surface area contributed by atoms with Crippen molar-refractivity contribution in [1.82, 2.24) is 5.32 Å². The van der Waals surface area contributed by atoms with Crippen LogP contribution in [-0.2, 0) is 18.4 Å². The van der Waals surface area contributed by atoms with Gasteiger partial charge in [0.25, 0.3) is 0 Å². The Kier molecular flexibility index (Phi) is 31.1. The zero-order valence-electron chi connectivity index (χ0n) is 31.8. The minimum absolute atomic E-state index is 0.0771. The third-order valence-electron chi connectivity index (χ3n) is 9.11. The molecule has 3 N–H and O–H groups in total. The van der Waals surface area contributed by atoms with E-state index in [9.17, 15) is 19.4 Å². The lowest BCUT2D eigenvalue weighted by atomic mass is 10.0. The number of nitrogens with one attached hydrogen (secondary N) is 1. The fourth-order valence-corrected chi connectivity index (χ4v) is 6.60. The highest BCUT2D eigenvalue weighted by atomic mass is 31.2. The van der Waals surface area contributed by atoms with E-state index in [-0.39, 0.29) is 19.1 Å². The topological polar surface area (TPSA) is 105 Å². The van der Waals surface area contributed by atoms with Crippen molar-refractivity contribution in [1.29, 1.82) is 0 Å². The summed E-state index contributed by atoms with van der Waals surface area (Å²) in [5.41, 5.74) is 0. The first-order valence-electron chi connectivity index (χ1n) is 19.9. The highest BCUT2D eigenvalue weighted by Gasteiger charge is 2.28. The van der Waals surface area contributed by atoms with Crippen LogP contribution in [0, 0.1) is 0 Å². The van der Waals surface area contributed by atoms with Crippen LogP contribution in [0.3, 0.4) is 0 Å². The number of hydrogen-bond donors (Lipinski definition) is 3. The Labute approximate surface area is 291 Å². The number of amides is 1. The van der Waals surface area contributed by atoms with E-state index < -0.39 is 20.0 Å². The molecule has 0 aliphatic rings. The number of rotatable bonds is 36. The molecule has 0 heterocycles. The molecule has 0 bridgehead atoms. The lowest BCUT2D eigenvalue weighted by Crippen LogP contribution is -2.46. The fourth-order valence-electron chi connectivity index (χ4n) is 5.87. The lowest BCUT2D eigenvalue weighted by Gasteiger charge is -2.26. The van der Waals surface area contributed by atoms with Crippen molar-refractivity contribution in [2.45, 2.75) is 199 Å². The van der Waals surface area contributed by atoms with Gasteiger partial charge < -0.3 is 19.8 Å². The van der Waals surface area contributed by atoms with Gasteiger partial charge in [-0.2, -0.15) is 0 Å². The molecule has 3 unspecified atom stereocenters. The summed E-state index contributed by atoms with van der Waals surface area (Å²) in [6.45, 7) is 4.77. The largest absolute Gasteiger partial charge is 0.472 e. The molecule has 0 aromatic heterocycles. The molecule has 47 heavy (non-hydrogen) atoms. The van der Waals surface area contributed by atoms with E-state index in [0.29, 0.717) is 23.9 Å². The lowest BCUT2D eigenvalue weighted by molar-refractivity contribution is -0.870. The first kappa shape index (κ1) is 46.5. The second-order valence-electron chi connectivity index (χ2n) is 15.0. The van der Waals surface area contributed by atoms with E-state index in [4.69, 9.17) is 9.05 Å². The van der Waals surface area contributed by atoms with Crippen molar-refractivity contribution < 1.29 is 32.9 Å². The summed E-state index contributed by atoms with van der Waals surface area (Å²) in [5, 5.41) is 13.8. The van der Waals surface area contributed by atoms with Crippen molar-refractivity contribution in [2.24, 2.45) is 0 Å². The molecule has 0 aliphatic heterocycles. The molecular formula is C38H80N2O6P+. The number of hydrogen-bond acceptors (Lipinski definition) is 5. The molecule has 0 saturated heterocycles. The van der Waals surface area contributed by atoms with Crippen LogP contribution in [0.15, 0.2) is 0 Å². The quantitative estimate of drug-likeness (QED) is 0.0343. The van der Waals surface area contributed by atoms with Gasteiger partial charge >= 0.3 is 7.82 Å². The molecule has 1 amide bonds. The number of phosphoric ester groups is 1. The zero-order valence-corrected chi connectivity index (χ0v) is 32.7. The third-order valence-corrected chi connectivity index (χ3v) is 10.1. The van der Waals surface area contributed by atoms with E-state index in [2.05, 4.69) is 19.2 Å². The molecule has 0 spiro atoms. The van der Waals surface area contributed by atoms with Gasteiger partial charge in [0.1, 0.15) is 13.2 Å². The van der Waals surface area contributed by atoms with Crippen LogP contribution in [0.25, 0.3) is 0 Å². The summed E-state index contributed by atoms with van der Waals surface area (Å²) in [7, 11) is 1.62. The van der Waals surface area contributed by atoms with E-state index in [1.165, 1.54) is 116 Å². The molecule has 8 nitrogen and oxygen atoms in total. The molecule has 0 radical (unpaired) electrons. The number of nitrogens with zero attached hydrogens (tertiary/aromatic N) is 1. The van der Waals surface area contributed by atoms with Gasteiger partial charge in [0.05, 0.1) is 39.9 Å². The average Bonchev–Trinajstić information content (AvgIpc) is 3.01. The third kappa shape index (κ3) is 33.8. The normalized spacial score (nSPS) is 14.6. The minimum Gasteiger partial charge on any atom is -0.391 e. The number of carbonyl (C=O) groups is 1. The Morgan fingerprint density at radius 1 is 0.638 bits per heavy atom. The predicted molar refractivity (Wildman–Crippen MR) is 199 cm³/mol. The number of phosphoric acid groups is 1. The van der Waals surface area contributed by atoms with Crippen molar-refractivity contribution in [3.8, 4) is 0 Å². The van der Waals surface area contributed by atoms with Gasteiger partial charge in [-0.15, -0.1) is 0 Å². The van der Waals surface area contributed by atoms with Crippen LogP contribution in [-0.4, -0.2) is 73.4 Å². The second kappa shape index (κ2) is 31.5. The van der Waals surface area contributed by atoms with E-state index in [1.807, 2.05) is 21.1 Å². The van der Waals surface area contributed by atoms with Crippen molar-refractivity contribution >= 4 is 13.7 Å². The minimum atomic E-state index is -4.29. The van der Waals surface area contributed by atoms with Crippen LogP contribution in [0.1, 0.15) is 187 Å². The molecule has 9 heteroatoms. The standard InChI is InChI=1S/C38H79N2O6P/c1-6-8-10-12-13-14-15-16-17-18-19-20-21-22-23-24-25-26-27-28-29-31-37(41)36(39-38(42)32-30-11-9-7-2)35-46-47(43,44)45-34-33-40(3,4)5/h36-37,41H,6-35H2,1-5H3,(H-,39,42,43,44)/p+1. The first-order valence-corrected chi connectivity index (χ1v) is 21.4. The highest BCUT2D eigenvalue weighted by molar-refractivity contribution is 7.47. The Morgan fingerprint density at radius 3 is 1.43 bits per heavy atom. The van der Waals surface area contributed by atoms with Crippen LogP contribution in [0.5, 0.6) is 0 Å². The van der Waals surface area contributed by atoms with Gasteiger partial charge in [-0.25, -0.2) is 4.57 Å². The number of aliphatic hydroxyl groups is 1. The Hall–Kier alpha value is -0.500. The summed E-state index contributed by atoms with van der Waals surface area (Å²) < 4.78 is 23.4. The molecule has 0 saturated carbocycles. The highest BCUT2D eigenvalue weighted by Crippen LogP contribution is 2.43. The summed E-state index contributed by atoms with van der Waals surface area (Å²) in [6.07, 6.45) is 31.9. The molecule has 0 fully saturated rings. The van der Waals surface area contributed by atoms with Crippen LogP contribution >= 0.6 is 7.82 Å². The average molecular weight is 692 g/mol. The smallest absolute Gasteiger partial charge is 0.391 e. The monoisotopic (exact) mass is 692 g/mol. The van der Waals surface area contributed by atoms with Gasteiger partial charge in [-0.1, -0.05) is 168 Å². The first-order chi connectivity index (χ1) is 22.5.